The molecule has 5 nitrogen and oxygen atoms in total. The number of hydrogen-bond donors (Lipinski definition) is 1. The highest BCUT2D eigenvalue weighted by Gasteiger charge is 2.30. The minimum atomic E-state index is -4.40. The molecule has 1 fully saturated rings. The maximum Gasteiger partial charge on any atom is 0.416 e. The number of ether oxygens (including phenoxy) is 1. The van der Waals surface area contributed by atoms with Gasteiger partial charge in [0.2, 0.25) is 0 Å². The van der Waals surface area contributed by atoms with Gasteiger partial charge in [0.25, 0.3) is 5.91 Å². The largest absolute Gasteiger partial charge is 0.416 e. The summed E-state index contributed by atoms with van der Waals surface area (Å²) >= 11 is 1.34. The summed E-state index contributed by atoms with van der Waals surface area (Å²) in [4.78, 5) is 19.6. The van der Waals surface area contributed by atoms with Gasteiger partial charge < -0.3 is 4.74 Å². The number of amides is 1. The molecule has 0 aliphatic carbocycles. The number of halogens is 3. The summed E-state index contributed by atoms with van der Waals surface area (Å²) in [5, 5.41) is 5.20. The van der Waals surface area contributed by atoms with Crippen LogP contribution in [0.4, 0.5) is 18.3 Å². The zero-order valence-electron chi connectivity index (χ0n) is 16.5. The second-order valence-corrected chi connectivity index (χ2v) is 7.97. The standard InChI is InChI=1S/C22H20F3N3O2S/c23-22(24,25)16-7-5-15(6-8-16)18-3-1-2-4-19(18)20(29)27-21-26-17(14-31-21)13-28-9-11-30-12-10-28/h1-8,14H,9-13H2,(H,26,27,29). The van der Waals surface area contributed by atoms with Crippen molar-refractivity contribution in [1.29, 1.82) is 0 Å². The molecule has 0 radical (unpaired) electrons. The molecule has 1 amide bonds. The highest BCUT2D eigenvalue weighted by atomic mass is 32.1. The molecule has 0 saturated carbocycles. The summed E-state index contributed by atoms with van der Waals surface area (Å²) < 4.78 is 43.9. The van der Waals surface area contributed by atoms with E-state index >= 15 is 0 Å². The van der Waals surface area contributed by atoms with E-state index < -0.39 is 11.7 Å². The van der Waals surface area contributed by atoms with Crippen LogP contribution in [0, 0.1) is 0 Å². The summed E-state index contributed by atoms with van der Waals surface area (Å²) in [6.45, 7) is 3.79. The first-order chi connectivity index (χ1) is 14.9. The van der Waals surface area contributed by atoms with Gasteiger partial charge in [-0.3, -0.25) is 15.0 Å². The van der Waals surface area contributed by atoms with E-state index in [0.29, 0.717) is 41.6 Å². The van der Waals surface area contributed by atoms with Gasteiger partial charge in [-0.15, -0.1) is 11.3 Å². The number of rotatable bonds is 5. The molecule has 3 aromatic rings. The summed E-state index contributed by atoms with van der Waals surface area (Å²) in [6.07, 6.45) is -4.40. The molecule has 1 aromatic heterocycles. The summed E-state index contributed by atoms with van der Waals surface area (Å²) in [6, 6.07) is 11.6. The molecule has 0 bridgehead atoms. The Morgan fingerprint density at radius 2 is 1.81 bits per heavy atom. The van der Waals surface area contributed by atoms with E-state index in [2.05, 4.69) is 15.2 Å². The number of alkyl halides is 3. The summed E-state index contributed by atoms with van der Waals surface area (Å²) in [5.41, 5.74) is 1.60. The van der Waals surface area contributed by atoms with Crippen LogP contribution in [0.3, 0.4) is 0 Å². The average Bonchev–Trinajstić information content (AvgIpc) is 3.20. The van der Waals surface area contributed by atoms with Crippen LogP contribution in [0.25, 0.3) is 11.1 Å². The minimum absolute atomic E-state index is 0.359. The number of thiazole rings is 1. The SMILES string of the molecule is O=C(Nc1nc(CN2CCOCC2)cs1)c1ccccc1-c1ccc(C(F)(F)F)cc1. The molecule has 0 spiro atoms. The third-order valence-electron chi connectivity index (χ3n) is 4.96. The van der Waals surface area contributed by atoms with Crippen molar-refractivity contribution in [2.24, 2.45) is 0 Å². The topological polar surface area (TPSA) is 54.5 Å². The van der Waals surface area contributed by atoms with E-state index in [9.17, 15) is 18.0 Å². The Morgan fingerprint density at radius 1 is 1.10 bits per heavy atom. The van der Waals surface area contributed by atoms with Crippen LogP contribution in [0.2, 0.25) is 0 Å². The van der Waals surface area contributed by atoms with Crippen LogP contribution >= 0.6 is 11.3 Å². The zero-order valence-corrected chi connectivity index (χ0v) is 17.3. The van der Waals surface area contributed by atoms with E-state index in [4.69, 9.17) is 4.74 Å². The van der Waals surface area contributed by atoms with Crippen LogP contribution in [0.5, 0.6) is 0 Å². The van der Waals surface area contributed by atoms with Crippen molar-refractivity contribution in [1.82, 2.24) is 9.88 Å². The van der Waals surface area contributed by atoms with Crippen LogP contribution in [0.15, 0.2) is 53.9 Å². The first-order valence-electron chi connectivity index (χ1n) is 9.73. The molecule has 31 heavy (non-hydrogen) atoms. The van der Waals surface area contributed by atoms with Crippen molar-refractivity contribution in [3.05, 3.63) is 70.7 Å². The normalized spacial score (nSPS) is 15.1. The quantitative estimate of drug-likeness (QED) is 0.604. The Balaban J connectivity index is 1.48. The van der Waals surface area contributed by atoms with E-state index in [-0.39, 0.29) is 5.91 Å². The lowest BCUT2D eigenvalue weighted by Gasteiger charge is -2.25. The van der Waals surface area contributed by atoms with Gasteiger partial charge in [0.1, 0.15) is 0 Å². The Bertz CT molecular complexity index is 1040. The molecule has 1 N–H and O–H groups in total. The van der Waals surface area contributed by atoms with Crippen LogP contribution in [0.1, 0.15) is 21.6 Å². The van der Waals surface area contributed by atoms with Gasteiger partial charge in [0.05, 0.1) is 24.5 Å². The molecular formula is C22H20F3N3O2S. The zero-order chi connectivity index (χ0) is 21.8. The molecule has 0 unspecified atom stereocenters. The summed E-state index contributed by atoms with van der Waals surface area (Å²) in [5.74, 6) is -0.359. The summed E-state index contributed by atoms with van der Waals surface area (Å²) in [7, 11) is 0. The number of carbonyl (C=O) groups excluding carboxylic acids is 1. The van der Waals surface area contributed by atoms with Gasteiger partial charge in [-0.05, 0) is 29.3 Å². The lowest BCUT2D eigenvalue weighted by Crippen LogP contribution is -2.35. The number of benzene rings is 2. The van der Waals surface area contributed by atoms with Crippen molar-refractivity contribution in [3.63, 3.8) is 0 Å². The third-order valence-corrected chi connectivity index (χ3v) is 5.76. The Hall–Kier alpha value is -2.75. The predicted molar refractivity (Wildman–Crippen MR) is 113 cm³/mol. The number of aromatic nitrogens is 1. The molecule has 1 aliphatic heterocycles. The maximum absolute atomic E-state index is 12.9. The second kappa shape index (κ2) is 9.17. The molecule has 1 aliphatic rings. The number of carbonyl (C=O) groups is 1. The van der Waals surface area contributed by atoms with Gasteiger partial charge in [-0.2, -0.15) is 13.2 Å². The Labute approximate surface area is 181 Å². The van der Waals surface area contributed by atoms with Crippen LogP contribution in [-0.2, 0) is 17.5 Å². The number of nitrogens with zero attached hydrogens (tertiary/aromatic N) is 2. The number of hydrogen-bond acceptors (Lipinski definition) is 5. The van der Waals surface area contributed by atoms with Gasteiger partial charge in [-0.25, -0.2) is 4.98 Å². The van der Waals surface area contributed by atoms with Gasteiger partial charge >= 0.3 is 6.18 Å². The third kappa shape index (κ3) is 5.30. The number of nitrogens with one attached hydrogen (secondary N) is 1. The second-order valence-electron chi connectivity index (χ2n) is 7.11. The molecule has 162 valence electrons. The smallest absolute Gasteiger partial charge is 0.379 e. The van der Waals surface area contributed by atoms with Crippen molar-refractivity contribution < 1.29 is 22.7 Å². The molecule has 0 atom stereocenters. The molecule has 2 aromatic carbocycles. The van der Waals surface area contributed by atoms with Crippen molar-refractivity contribution >= 4 is 22.4 Å². The lowest BCUT2D eigenvalue weighted by atomic mass is 9.98. The van der Waals surface area contributed by atoms with Gasteiger partial charge in [0.15, 0.2) is 5.13 Å². The lowest BCUT2D eigenvalue weighted by molar-refractivity contribution is -0.137. The molecule has 9 heteroatoms. The Morgan fingerprint density at radius 3 is 2.52 bits per heavy atom. The first kappa shape index (κ1) is 21.5. The number of anilines is 1. The van der Waals surface area contributed by atoms with E-state index in [1.54, 1.807) is 24.3 Å². The van der Waals surface area contributed by atoms with Crippen LogP contribution < -0.4 is 5.32 Å². The molecular weight excluding hydrogens is 427 g/mol. The minimum Gasteiger partial charge on any atom is -0.379 e. The molecule has 2 heterocycles. The van der Waals surface area contributed by atoms with Crippen LogP contribution in [-0.4, -0.2) is 42.1 Å². The highest BCUT2D eigenvalue weighted by molar-refractivity contribution is 7.14. The predicted octanol–water partition coefficient (Wildman–Crippen LogP) is 4.91. The van der Waals surface area contributed by atoms with E-state index in [0.717, 1.165) is 30.9 Å². The fourth-order valence-corrected chi connectivity index (χ4v) is 4.06. The fraction of sp³-hybridized carbons (Fsp3) is 0.273. The highest BCUT2D eigenvalue weighted by Crippen LogP contribution is 2.32. The molecule has 1 saturated heterocycles. The fourth-order valence-electron chi connectivity index (χ4n) is 3.36. The Kier molecular flexibility index (Phi) is 6.35. The molecule has 4 rings (SSSR count). The number of morpholine rings is 1. The van der Waals surface area contributed by atoms with E-state index in [1.165, 1.54) is 23.5 Å². The van der Waals surface area contributed by atoms with Gasteiger partial charge in [0, 0.05) is 30.6 Å². The first-order valence-corrected chi connectivity index (χ1v) is 10.6. The van der Waals surface area contributed by atoms with Crippen molar-refractivity contribution in [2.75, 3.05) is 31.6 Å². The maximum atomic E-state index is 12.9. The average molecular weight is 447 g/mol. The van der Waals surface area contributed by atoms with Crippen molar-refractivity contribution in [3.8, 4) is 11.1 Å². The van der Waals surface area contributed by atoms with Crippen molar-refractivity contribution in [2.45, 2.75) is 12.7 Å². The monoisotopic (exact) mass is 447 g/mol. The van der Waals surface area contributed by atoms with E-state index in [1.807, 2.05) is 5.38 Å². The van der Waals surface area contributed by atoms with Gasteiger partial charge in [-0.1, -0.05) is 30.3 Å².